The highest BCUT2D eigenvalue weighted by molar-refractivity contribution is 5.25. The van der Waals surface area contributed by atoms with Crippen LogP contribution in [0, 0.1) is 0 Å². The molecule has 0 radical (unpaired) electrons. The van der Waals surface area contributed by atoms with Gasteiger partial charge in [-0.2, -0.15) is 0 Å². The number of hydrogen-bond donors (Lipinski definition) is 3. The lowest BCUT2D eigenvalue weighted by Gasteiger charge is -2.06. The Morgan fingerprint density at radius 3 is 1.64 bits per heavy atom. The number of unbranched alkanes of at least 4 members (excludes halogenated alkanes) is 3. The topological polar surface area (TPSA) is 44.3 Å². The first-order valence-corrected chi connectivity index (χ1v) is 9.58. The van der Waals surface area contributed by atoms with E-state index in [1.54, 1.807) is 12.1 Å². The van der Waals surface area contributed by atoms with Crippen LogP contribution in [-0.4, -0.2) is 31.3 Å². The predicted molar refractivity (Wildman–Crippen MR) is 106 cm³/mol. The maximum atomic E-state index is 9.25. The highest BCUT2D eigenvalue weighted by Gasteiger charge is 1.95. The lowest BCUT2D eigenvalue weighted by Crippen LogP contribution is -2.19. The minimum atomic E-state index is 0.339. The molecule has 0 aliphatic carbocycles. The van der Waals surface area contributed by atoms with Crippen molar-refractivity contribution < 1.29 is 5.11 Å². The van der Waals surface area contributed by atoms with Crippen molar-refractivity contribution in [1.82, 2.24) is 10.6 Å². The zero-order chi connectivity index (χ0) is 17.6. The minimum Gasteiger partial charge on any atom is -0.508 e. The van der Waals surface area contributed by atoms with Gasteiger partial charge in [0.05, 0.1) is 0 Å². The van der Waals surface area contributed by atoms with E-state index in [9.17, 15) is 5.11 Å². The normalized spacial score (nSPS) is 10.9. The molecule has 0 atom stereocenters. The zero-order valence-corrected chi connectivity index (χ0v) is 15.2. The Labute approximate surface area is 152 Å². The lowest BCUT2D eigenvalue weighted by molar-refractivity contribution is 0.475. The van der Waals surface area contributed by atoms with Crippen LogP contribution >= 0.6 is 0 Å². The molecule has 25 heavy (non-hydrogen) atoms. The molecule has 3 heteroatoms. The van der Waals surface area contributed by atoms with E-state index in [1.807, 2.05) is 12.1 Å². The Hall–Kier alpha value is -1.84. The number of nitrogens with one attached hydrogen (secondary N) is 2. The van der Waals surface area contributed by atoms with E-state index >= 15 is 0 Å². The number of aromatic hydroxyl groups is 1. The smallest absolute Gasteiger partial charge is 0.115 e. The Morgan fingerprint density at radius 1 is 0.560 bits per heavy atom. The van der Waals surface area contributed by atoms with Crippen LogP contribution in [0.5, 0.6) is 5.75 Å². The fraction of sp³-hybridized carbons (Fsp3) is 0.455. The summed E-state index contributed by atoms with van der Waals surface area (Å²) in [5.41, 5.74) is 2.68. The molecule has 2 aromatic carbocycles. The minimum absolute atomic E-state index is 0.339. The molecule has 0 fully saturated rings. The van der Waals surface area contributed by atoms with Crippen molar-refractivity contribution >= 4 is 0 Å². The second kappa shape index (κ2) is 12.5. The third-order valence-corrected chi connectivity index (χ3v) is 4.42. The van der Waals surface area contributed by atoms with Gasteiger partial charge >= 0.3 is 0 Å². The van der Waals surface area contributed by atoms with Gasteiger partial charge in [-0.15, -0.1) is 0 Å². The van der Waals surface area contributed by atoms with E-state index in [0.717, 1.165) is 39.0 Å². The fourth-order valence-corrected chi connectivity index (χ4v) is 2.88. The summed E-state index contributed by atoms with van der Waals surface area (Å²) in [7, 11) is 0. The highest BCUT2D eigenvalue weighted by atomic mass is 16.3. The van der Waals surface area contributed by atoms with Crippen molar-refractivity contribution in [2.45, 2.75) is 38.5 Å². The van der Waals surface area contributed by atoms with Gasteiger partial charge < -0.3 is 15.7 Å². The first-order valence-electron chi connectivity index (χ1n) is 9.58. The molecule has 0 bridgehead atoms. The Balaban J connectivity index is 1.33. The van der Waals surface area contributed by atoms with E-state index in [2.05, 4.69) is 41.0 Å². The van der Waals surface area contributed by atoms with Crippen LogP contribution in [0.2, 0.25) is 0 Å². The third kappa shape index (κ3) is 9.28. The largest absolute Gasteiger partial charge is 0.508 e. The van der Waals surface area contributed by atoms with Gasteiger partial charge in [0, 0.05) is 0 Å². The van der Waals surface area contributed by atoms with Crippen LogP contribution in [0.4, 0.5) is 0 Å². The molecule has 0 aromatic heterocycles. The van der Waals surface area contributed by atoms with Crippen molar-refractivity contribution in [3.8, 4) is 5.75 Å². The molecule has 2 aromatic rings. The fourth-order valence-electron chi connectivity index (χ4n) is 2.88. The first kappa shape index (κ1) is 19.5. The molecule has 0 aliphatic heterocycles. The molecule has 136 valence electrons. The monoisotopic (exact) mass is 340 g/mol. The number of phenols is 1. The van der Waals surface area contributed by atoms with E-state index in [-0.39, 0.29) is 0 Å². The molecule has 3 nitrogen and oxygen atoms in total. The Bertz CT molecular complexity index is 554. The molecule has 0 saturated carbocycles. The van der Waals surface area contributed by atoms with Crippen LogP contribution < -0.4 is 10.6 Å². The number of phenolic OH excluding ortho intramolecular Hbond substituents is 1. The van der Waals surface area contributed by atoms with E-state index in [4.69, 9.17) is 0 Å². The van der Waals surface area contributed by atoms with Crippen molar-refractivity contribution in [2.24, 2.45) is 0 Å². The van der Waals surface area contributed by atoms with Gasteiger partial charge in [-0.3, -0.25) is 0 Å². The molecule has 0 amide bonds. The second-order valence-corrected chi connectivity index (χ2v) is 6.57. The molecule has 0 unspecified atom stereocenters. The van der Waals surface area contributed by atoms with Crippen molar-refractivity contribution in [3.63, 3.8) is 0 Å². The van der Waals surface area contributed by atoms with Crippen LogP contribution in [-0.2, 0) is 12.8 Å². The summed E-state index contributed by atoms with van der Waals surface area (Å²) in [4.78, 5) is 0. The maximum Gasteiger partial charge on any atom is 0.115 e. The Kier molecular flexibility index (Phi) is 9.75. The van der Waals surface area contributed by atoms with Gasteiger partial charge in [-0.1, -0.05) is 55.3 Å². The summed E-state index contributed by atoms with van der Waals surface area (Å²) in [6.45, 7) is 4.30. The first-order chi connectivity index (χ1) is 12.3. The number of rotatable bonds is 13. The average Bonchev–Trinajstić information content (AvgIpc) is 2.65. The van der Waals surface area contributed by atoms with Gasteiger partial charge in [-0.05, 0) is 75.1 Å². The molecule has 0 aliphatic rings. The van der Waals surface area contributed by atoms with Crippen molar-refractivity contribution in [1.29, 1.82) is 0 Å². The molecule has 0 spiro atoms. The van der Waals surface area contributed by atoms with E-state index in [0.29, 0.717) is 5.75 Å². The van der Waals surface area contributed by atoms with Crippen molar-refractivity contribution in [3.05, 3.63) is 65.7 Å². The summed E-state index contributed by atoms with van der Waals surface area (Å²) in [5.74, 6) is 0.339. The van der Waals surface area contributed by atoms with Gasteiger partial charge in [0.1, 0.15) is 5.75 Å². The summed E-state index contributed by atoms with van der Waals surface area (Å²) in [5, 5.41) is 16.3. The van der Waals surface area contributed by atoms with Gasteiger partial charge in [-0.25, -0.2) is 0 Å². The molecular formula is C22H32N2O. The standard InChI is InChI=1S/C22H32N2O/c25-22-12-10-21(11-13-22)15-19-24-17-7-2-1-6-16-23-18-14-20-8-4-3-5-9-20/h3-5,8-13,23-25H,1-2,6-7,14-19H2. The van der Waals surface area contributed by atoms with Gasteiger partial charge in [0.25, 0.3) is 0 Å². The van der Waals surface area contributed by atoms with Crippen LogP contribution in [0.1, 0.15) is 36.8 Å². The number of benzene rings is 2. The van der Waals surface area contributed by atoms with E-state index < -0.39 is 0 Å². The Morgan fingerprint density at radius 2 is 1.08 bits per heavy atom. The average molecular weight is 341 g/mol. The van der Waals surface area contributed by atoms with Crippen LogP contribution in [0.25, 0.3) is 0 Å². The molecule has 0 heterocycles. The lowest BCUT2D eigenvalue weighted by atomic mass is 10.1. The van der Waals surface area contributed by atoms with Crippen LogP contribution in [0.15, 0.2) is 54.6 Å². The number of hydrogen-bond acceptors (Lipinski definition) is 3. The van der Waals surface area contributed by atoms with Crippen LogP contribution in [0.3, 0.4) is 0 Å². The summed E-state index contributed by atoms with van der Waals surface area (Å²) in [6.07, 6.45) is 7.25. The molecular weight excluding hydrogens is 308 g/mol. The second-order valence-electron chi connectivity index (χ2n) is 6.57. The third-order valence-electron chi connectivity index (χ3n) is 4.42. The van der Waals surface area contributed by atoms with Gasteiger partial charge in [0.15, 0.2) is 0 Å². The highest BCUT2D eigenvalue weighted by Crippen LogP contribution is 2.09. The summed E-state index contributed by atoms with van der Waals surface area (Å²) >= 11 is 0. The predicted octanol–water partition coefficient (Wildman–Crippen LogP) is 3.92. The molecule has 2 rings (SSSR count). The quantitative estimate of drug-likeness (QED) is 0.484. The zero-order valence-electron chi connectivity index (χ0n) is 15.2. The molecule has 3 N–H and O–H groups in total. The maximum absolute atomic E-state index is 9.25. The molecule has 0 saturated heterocycles. The SMILES string of the molecule is Oc1ccc(CCNCCCCCCNCCc2ccccc2)cc1. The summed E-state index contributed by atoms with van der Waals surface area (Å²) < 4.78 is 0. The van der Waals surface area contributed by atoms with E-state index in [1.165, 1.54) is 36.8 Å². The summed E-state index contributed by atoms with van der Waals surface area (Å²) in [6, 6.07) is 18.1. The van der Waals surface area contributed by atoms with Crippen molar-refractivity contribution in [2.75, 3.05) is 26.2 Å². The van der Waals surface area contributed by atoms with Gasteiger partial charge in [0.2, 0.25) is 0 Å².